The Morgan fingerprint density at radius 1 is 1.26 bits per heavy atom. The topological polar surface area (TPSA) is 51.8 Å². The SMILES string of the molecule is CC(C)c1nnsc1C(N)Cc1ccc(F)c(F)c1. The van der Waals surface area contributed by atoms with E-state index >= 15 is 0 Å². The average molecular weight is 283 g/mol. The first kappa shape index (κ1) is 14.0. The highest BCUT2D eigenvalue weighted by molar-refractivity contribution is 7.05. The molecule has 1 unspecified atom stereocenters. The van der Waals surface area contributed by atoms with Gasteiger partial charge >= 0.3 is 0 Å². The van der Waals surface area contributed by atoms with E-state index in [1.807, 2.05) is 13.8 Å². The number of rotatable bonds is 4. The second kappa shape index (κ2) is 5.71. The van der Waals surface area contributed by atoms with Crippen LogP contribution in [0.1, 0.15) is 41.9 Å². The van der Waals surface area contributed by atoms with Crippen LogP contribution < -0.4 is 5.73 Å². The van der Waals surface area contributed by atoms with Crippen molar-refractivity contribution in [3.63, 3.8) is 0 Å². The van der Waals surface area contributed by atoms with Gasteiger partial charge in [0.1, 0.15) is 0 Å². The fourth-order valence-electron chi connectivity index (χ4n) is 1.88. The van der Waals surface area contributed by atoms with E-state index in [0.29, 0.717) is 12.0 Å². The fourth-order valence-corrected chi connectivity index (χ4v) is 2.68. The van der Waals surface area contributed by atoms with E-state index in [1.165, 1.54) is 17.6 Å². The lowest BCUT2D eigenvalue weighted by molar-refractivity contribution is 0.506. The molecule has 0 saturated heterocycles. The van der Waals surface area contributed by atoms with Crippen molar-refractivity contribution in [2.24, 2.45) is 5.73 Å². The lowest BCUT2D eigenvalue weighted by atomic mass is 10.0. The first-order chi connectivity index (χ1) is 8.99. The Kier molecular flexibility index (Phi) is 4.21. The van der Waals surface area contributed by atoms with Crippen molar-refractivity contribution in [1.29, 1.82) is 0 Å². The molecule has 0 aliphatic carbocycles. The molecule has 0 spiro atoms. The molecule has 2 rings (SSSR count). The Morgan fingerprint density at radius 2 is 2.00 bits per heavy atom. The third-order valence-corrected chi connectivity index (χ3v) is 3.74. The molecule has 0 bridgehead atoms. The highest BCUT2D eigenvalue weighted by Crippen LogP contribution is 2.27. The summed E-state index contributed by atoms with van der Waals surface area (Å²) < 4.78 is 29.9. The molecular formula is C13H15F2N3S. The normalized spacial score (nSPS) is 12.9. The summed E-state index contributed by atoms with van der Waals surface area (Å²) in [6.07, 6.45) is 0.431. The maximum atomic E-state index is 13.1. The smallest absolute Gasteiger partial charge is 0.159 e. The molecule has 1 heterocycles. The molecule has 0 amide bonds. The second-order valence-electron chi connectivity index (χ2n) is 4.74. The van der Waals surface area contributed by atoms with Crippen LogP contribution in [0, 0.1) is 11.6 Å². The van der Waals surface area contributed by atoms with Crippen molar-refractivity contribution in [3.05, 3.63) is 46.0 Å². The Hall–Kier alpha value is -1.40. The maximum absolute atomic E-state index is 13.1. The summed E-state index contributed by atoms with van der Waals surface area (Å²) >= 11 is 1.26. The van der Waals surface area contributed by atoms with E-state index in [1.54, 1.807) is 6.07 Å². The Morgan fingerprint density at radius 3 is 2.63 bits per heavy atom. The standard InChI is InChI=1S/C13H15F2N3S/c1-7(2)12-13(19-18-17-12)11(16)6-8-3-4-9(14)10(15)5-8/h3-5,7,11H,6,16H2,1-2H3. The maximum Gasteiger partial charge on any atom is 0.159 e. The van der Waals surface area contributed by atoms with Gasteiger partial charge in [0.2, 0.25) is 0 Å². The second-order valence-corrected chi connectivity index (χ2v) is 5.52. The lowest BCUT2D eigenvalue weighted by Crippen LogP contribution is -2.14. The molecule has 19 heavy (non-hydrogen) atoms. The van der Waals surface area contributed by atoms with Crippen LogP contribution in [0.4, 0.5) is 8.78 Å². The van der Waals surface area contributed by atoms with Gasteiger partial charge in [-0.25, -0.2) is 8.78 Å². The van der Waals surface area contributed by atoms with Crippen molar-refractivity contribution in [1.82, 2.24) is 9.59 Å². The minimum Gasteiger partial charge on any atom is -0.323 e. The van der Waals surface area contributed by atoms with Gasteiger partial charge in [0.25, 0.3) is 0 Å². The molecule has 102 valence electrons. The summed E-state index contributed by atoms with van der Waals surface area (Å²) in [4.78, 5) is 0.903. The number of benzene rings is 1. The number of hydrogen-bond donors (Lipinski definition) is 1. The van der Waals surface area contributed by atoms with Gasteiger partial charge in [0.15, 0.2) is 11.6 Å². The third-order valence-electron chi connectivity index (χ3n) is 2.86. The molecule has 1 atom stereocenters. The van der Waals surface area contributed by atoms with Gasteiger partial charge in [-0.2, -0.15) is 0 Å². The molecule has 0 aliphatic rings. The summed E-state index contributed by atoms with van der Waals surface area (Å²) in [7, 11) is 0. The van der Waals surface area contributed by atoms with E-state index < -0.39 is 11.6 Å². The summed E-state index contributed by atoms with van der Waals surface area (Å²) in [5, 5.41) is 4.06. The van der Waals surface area contributed by atoms with E-state index in [0.717, 1.165) is 16.6 Å². The molecule has 0 radical (unpaired) electrons. The monoisotopic (exact) mass is 283 g/mol. The number of halogens is 2. The summed E-state index contributed by atoms with van der Waals surface area (Å²) in [6, 6.07) is 3.54. The first-order valence-corrected chi connectivity index (χ1v) is 6.78. The number of nitrogens with zero attached hydrogens (tertiary/aromatic N) is 2. The van der Waals surface area contributed by atoms with Gasteiger partial charge in [-0.05, 0) is 41.6 Å². The van der Waals surface area contributed by atoms with Crippen molar-refractivity contribution in [2.45, 2.75) is 32.2 Å². The van der Waals surface area contributed by atoms with Crippen LogP contribution in [0.15, 0.2) is 18.2 Å². The van der Waals surface area contributed by atoms with E-state index in [2.05, 4.69) is 9.59 Å². The van der Waals surface area contributed by atoms with Crippen molar-refractivity contribution >= 4 is 11.5 Å². The summed E-state index contributed by atoms with van der Waals surface area (Å²) in [5.74, 6) is -1.46. The highest BCUT2D eigenvalue weighted by atomic mass is 32.1. The molecule has 0 fully saturated rings. The minimum atomic E-state index is -0.851. The molecule has 3 nitrogen and oxygen atoms in total. The van der Waals surface area contributed by atoms with E-state index in [4.69, 9.17) is 5.73 Å². The zero-order chi connectivity index (χ0) is 14.0. The van der Waals surface area contributed by atoms with Gasteiger partial charge in [-0.3, -0.25) is 0 Å². The zero-order valence-corrected chi connectivity index (χ0v) is 11.5. The molecule has 0 saturated carbocycles. The minimum absolute atomic E-state index is 0.241. The van der Waals surface area contributed by atoms with Crippen LogP contribution in [0.3, 0.4) is 0 Å². The largest absolute Gasteiger partial charge is 0.323 e. The number of aromatic nitrogens is 2. The Labute approximate surface area is 114 Å². The van der Waals surface area contributed by atoms with Crippen LogP contribution in [0.2, 0.25) is 0 Å². The molecule has 1 aromatic heterocycles. The molecule has 2 aromatic rings. The predicted molar refractivity (Wildman–Crippen MR) is 71.0 cm³/mol. The van der Waals surface area contributed by atoms with Gasteiger partial charge in [0, 0.05) is 6.04 Å². The molecule has 2 N–H and O–H groups in total. The molecular weight excluding hydrogens is 268 g/mol. The van der Waals surface area contributed by atoms with E-state index in [9.17, 15) is 8.78 Å². The van der Waals surface area contributed by atoms with Gasteiger partial charge < -0.3 is 5.73 Å². The third kappa shape index (κ3) is 3.13. The molecule has 1 aromatic carbocycles. The van der Waals surface area contributed by atoms with Crippen molar-refractivity contribution in [3.8, 4) is 0 Å². The van der Waals surface area contributed by atoms with Crippen LogP contribution in [0.25, 0.3) is 0 Å². The summed E-state index contributed by atoms with van der Waals surface area (Å²) in [6.45, 7) is 4.04. The predicted octanol–water partition coefficient (Wildman–Crippen LogP) is 3.18. The Bertz CT molecular complexity index is 569. The van der Waals surface area contributed by atoms with Gasteiger partial charge in [-0.15, -0.1) is 5.10 Å². The summed E-state index contributed by atoms with van der Waals surface area (Å²) in [5.41, 5.74) is 7.65. The van der Waals surface area contributed by atoms with Crippen LogP contribution in [-0.2, 0) is 6.42 Å². The molecule has 0 aliphatic heterocycles. The average Bonchev–Trinajstić information content (AvgIpc) is 2.83. The quantitative estimate of drug-likeness (QED) is 0.937. The van der Waals surface area contributed by atoms with Crippen molar-refractivity contribution in [2.75, 3.05) is 0 Å². The van der Waals surface area contributed by atoms with Crippen molar-refractivity contribution < 1.29 is 8.78 Å². The van der Waals surface area contributed by atoms with Gasteiger partial charge in [-0.1, -0.05) is 24.4 Å². The lowest BCUT2D eigenvalue weighted by Gasteiger charge is -2.12. The Balaban J connectivity index is 2.18. The van der Waals surface area contributed by atoms with E-state index in [-0.39, 0.29) is 12.0 Å². The molecule has 6 heteroatoms. The van der Waals surface area contributed by atoms with Crippen LogP contribution in [-0.4, -0.2) is 9.59 Å². The fraction of sp³-hybridized carbons (Fsp3) is 0.385. The van der Waals surface area contributed by atoms with Gasteiger partial charge in [0.05, 0.1) is 10.6 Å². The van der Waals surface area contributed by atoms with Crippen LogP contribution in [0.5, 0.6) is 0 Å². The van der Waals surface area contributed by atoms with Crippen LogP contribution >= 0.6 is 11.5 Å². The zero-order valence-electron chi connectivity index (χ0n) is 10.7. The first-order valence-electron chi connectivity index (χ1n) is 6.00. The highest BCUT2D eigenvalue weighted by Gasteiger charge is 2.18. The number of nitrogens with two attached hydrogens (primary N) is 1. The number of hydrogen-bond acceptors (Lipinski definition) is 4.